The first-order chi connectivity index (χ1) is 12.8. The fourth-order valence-corrected chi connectivity index (χ4v) is 4.78. The van der Waals surface area contributed by atoms with Crippen LogP contribution in [0.4, 0.5) is 0 Å². The molecular weight excluding hydrogens is 346 g/mol. The van der Waals surface area contributed by atoms with Crippen molar-refractivity contribution in [2.75, 3.05) is 0 Å². The zero-order valence-corrected chi connectivity index (χ0v) is 15.0. The quantitative estimate of drug-likeness (QED) is 0.551. The van der Waals surface area contributed by atoms with Crippen LogP contribution in [0.1, 0.15) is 29.2 Å². The number of rotatable bonds is 3. The lowest BCUT2D eigenvalue weighted by Crippen LogP contribution is -2.21. The Kier molecular flexibility index (Phi) is 3.71. The van der Waals surface area contributed by atoms with Crippen molar-refractivity contribution < 1.29 is 4.42 Å². The van der Waals surface area contributed by atoms with Gasteiger partial charge in [0.25, 0.3) is 5.56 Å². The van der Waals surface area contributed by atoms with Crippen LogP contribution >= 0.6 is 11.3 Å². The van der Waals surface area contributed by atoms with E-state index in [0.717, 1.165) is 35.0 Å². The van der Waals surface area contributed by atoms with Crippen molar-refractivity contribution in [2.45, 2.75) is 32.2 Å². The molecule has 0 saturated heterocycles. The Morgan fingerprint density at radius 2 is 1.96 bits per heavy atom. The molecule has 26 heavy (non-hydrogen) atoms. The van der Waals surface area contributed by atoms with Crippen LogP contribution in [0.3, 0.4) is 0 Å². The molecule has 0 aliphatic heterocycles. The lowest BCUT2D eigenvalue weighted by atomic mass is 9.97. The number of aromatic nitrogens is 3. The average molecular weight is 363 g/mol. The SMILES string of the molecule is O=c1c2c3c(sc2ncn1Cc1ncc(-c2ccccc2)o1)CCCC3. The Morgan fingerprint density at radius 3 is 2.85 bits per heavy atom. The molecule has 0 fully saturated rings. The van der Waals surface area contributed by atoms with Gasteiger partial charge in [-0.2, -0.15) is 0 Å². The van der Waals surface area contributed by atoms with Gasteiger partial charge in [0.2, 0.25) is 5.89 Å². The minimum atomic E-state index is 0.00820. The molecule has 0 spiro atoms. The topological polar surface area (TPSA) is 60.9 Å². The normalized spacial score (nSPS) is 13.8. The molecule has 0 N–H and O–H groups in total. The van der Waals surface area contributed by atoms with Crippen LogP contribution in [0, 0.1) is 0 Å². The van der Waals surface area contributed by atoms with Gasteiger partial charge in [-0.3, -0.25) is 9.36 Å². The first kappa shape index (κ1) is 15.5. The summed E-state index contributed by atoms with van der Waals surface area (Å²) < 4.78 is 7.44. The number of nitrogens with zero attached hydrogens (tertiary/aromatic N) is 3. The van der Waals surface area contributed by atoms with Crippen LogP contribution in [0.25, 0.3) is 21.5 Å². The largest absolute Gasteiger partial charge is 0.439 e. The van der Waals surface area contributed by atoms with Gasteiger partial charge in [0.05, 0.1) is 17.9 Å². The minimum Gasteiger partial charge on any atom is -0.439 e. The van der Waals surface area contributed by atoms with E-state index in [-0.39, 0.29) is 5.56 Å². The van der Waals surface area contributed by atoms with Crippen LogP contribution < -0.4 is 5.56 Å². The third kappa shape index (κ3) is 2.57. The van der Waals surface area contributed by atoms with Crippen molar-refractivity contribution in [1.82, 2.24) is 14.5 Å². The minimum absolute atomic E-state index is 0.00820. The van der Waals surface area contributed by atoms with Crippen LogP contribution in [0.5, 0.6) is 0 Å². The van der Waals surface area contributed by atoms with E-state index in [9.17, 15) is 4.79 Å². The maximum Gasteiger partial charge on any atom is 0.262 e. The van der Waals surface area contributed by atoms with Crippen molar-refractivity contribution in [3.8, 4) is 11.3 Å². The van der Waals surface area contributed by atoms with Gasteiger partial charge in [-0.1, -0.05) is 30.3 Å². The first-order valence-corrected chi connectivity index (χ1v) is 9.61. The molecule has 0 radical (unpaired) electrons. The van der Waals surface area contributed by atoms with E-state index in [1.165, 1.54) is 16.9 Å². The molecule has 5 nitrogen and oxygen atoms in total. The van der Waals surface area contributed by atoms with E-state index < -0.39 is 0 Å². The predicted octanol–water partition coefficient (Wildman–Crippen LogP) is 4.04. The summed E-state index contributed by atoms with van der Waals surface area (Å²) in [5.74, 6) is 1.21. The zero-order valence-electron chi connectivity index (χ0n) is 14.1. The molecule has 6 heteroatoms. The van der Waals surface area contributed by atoms with E-state index in [0.29, 0.717) is 18.2 Å². The molecular formula is C20H17N3O2S. The molecule has 1 aliphatic carbocycles. The summed E-state index contributed by atoms with van der Waals surface area (Å²) in [5.41, 5.74) is 2.19. The number of benzene rings is 1. The molecule has 5 rings (SSSR count). The fraction of sp³-hybridized carbons (Fsp3) is 0.250. The third-order valence-electron chi connectivity index (χ3n) is 4.86. The van der Waals surface area contributed by atoms with Crippen LogP contribution in [-0.2, 0) is 19.4 Å². The summed E-state index contributed by atoms with van der Waals surface area (Å²) in [6.07, 6.45) is 7.70. The Hall–Kier alpha value is -2.73. The van der Waals surface area contributed by atoms with E-state index in [1.54, 1.807) is 28.4 Å². The Bertz CT molecular complexity index is 1140. The second kappa shape index (κ2) is 6.21. The predicted molar refractivity (Wildman–Crippen MR) is 102 cm³/mol. The number of hydrogen-bond donors (Lipinski definition) is 0. The molecule has 130 valence electrons. The second-order valence-electron chi connectivity index (χ2n) is 6.55. The summed E-state index contributed by atoms with van der Waals surface area (Å²) in [6.45, 7) is 0.291. The van der Waals surface area contributed by atoms with Gasteiger partial charge in [-0.15, -0.1) is 11.3 Å². The second-order valence-corrected chi connectivity index (χ2v) is 7.64. The number of oxazole rings is 1. The smallest absolute Gasteiger partial charge is 0.262 e. The molecule has 1 aliphatic rings. The van der Waals surface area contributed by atoms with Gasteiger partial charge in [-0.05, 0) is 31.2 Å². The van der Waals surface area contributed by atoms with Gasteiger partial charge < -0.3 is 4.42 Å². The van der Waals surface area contributed by atoms with Crippen molar-refractivity contribution in [1.29, 1.82) is 0 Å². The molecule has 1 aromatic carbocycles. The van der Waals surface area contributed by atoms with Crippen molar-refractivity contribution in [3.63, 3.8) is 0 Å². The average Bonchev–Trinajstić information content (AvgIpc) is 3.29. The van der Waals surface area contributed by atoms with Gasteiger partial charge in [-0.25, -0.2) is 9.97 Å². The maximum absolute atomic E-state index is 13.0. The van der Waals surface area contributed by atoms with Gasteiger partial charge >= 0.3 is 0 Å². The van der Waals surface area contributed by atoms with Gasteiger partial charge in [0, 0.05) is 10.4 Å². The molecule has 0 unspecified atom stereocenters. The maximum atomic E-state index is 13.0. The third-order valence-corrected chi connectivity index (χ3v) is 6.06. The Labute approximate surface area is 154 Å². The van der Waals surface area contributed by atoms with E-state index >= 15 is 0 Å². The number of fused-ring (bicyclic) bond motifs is 3. The molecule has 3 heterocycles. The van der Waals surface area contributed by atoms with E-state index in [1.807, 2.05) is 30.3 Å². The highest BCUT2D eigenvalue weighted by molar-refractivity contribution is 7.18. The van der Waals surface area contributed by atoms with E-state index in [4.69, 9.17) is 4.42 Å². The monoisotopic (exact) mass is 363 g/mol. The van der Waals surface area contributed by atoms with Gasteiger partial charge in [0.1, 0.15) is 11.4 Å². The molecule has 0 atom stereocenters. The molecule has 3 aromatic heterocycles. The molecule has 4 aromatic rings. The highest BCUT2D eigenvalue weighted by atomic mass is 32.1. The van der Waals surface area contributed by atoms with Crippen LogP contribution in [-0.4, -0.2) is 14.5 Å². The molecule has 0 bridgehead atoms. The zero-order chi connectivity index (χ0) is 17.5. The summed E-state index contributed by atoms with van der Waals surface area (Å²) >= 11 is 1.67. The number of thiophene rings is 1. The van der Waals surface area contributed by atoms with Crippen LogP contribution in [0.2, 0.25) is 0 Å². The van der Waals surface area contributed by atoms with Crippen molar-refractivity contribution in [2.24, 2.45) is 0 Å². The highest BCUT2D eigenvalue weighted by Crippen LogP contribution is 2.33. The highest BCUT2D eigenvalue weighted by Gasteiger charge is 2.20. The summed E-state index contributed by atoms with van der Waals surface area (Å²) in [4.78, 5) is 24.0. The molecule has 0 saturated carbocycles. The number of aryl methyl sites for hydroxylation is 2. The lowest BCUT2D eigenvalue weighted by Gasteiger charge is -2.10. The standard InChI is InChI=1S/C20H17N3O2S/c24-20-18-14-8-4-5-9-16(14)26-19(18)22-12-23(20)11-17-21-10-15(25-17)13-6-2-1-3-7-13/h1-3,6-7,10,12H,4-5,8-9,11H2. The summed E-state index contributed by atoms with van der Waals surface area (Å²) in [5, 5.41) is 0.794. The Balaban J connectivity index is 1.51. The number of hydrogen-bond acceptors (Lipinski definition) is 5. The summed E-state index contributed by atoms with van der Waals surface area (Å²) in [7, 11) is 0. The van der Waals surface area contributed by atoms with Crippen molar-refractivity contribution in [3.05, 3.63) is 69.5 Å². The molecule has 0 amide bonds. The fourth-order valence-electron chi connectivity index (χ4n) is 3.56. The van der Waals surface area contributed by atoms with Crippen LogP contribution in [0.15, 0.2) is 52.1 Å². The lowest BCUT2D eigenvalue weighted by molar-refractivity contribution is 0.484. The van der Waals surface area contributed by atoms with Crippen molar-refractivity contribution >= 4 is 21.6 Å². The van der Waals surface area contributed by atoms with E-state index in [2.05, 4.69) is 9.97 Å². The van der Waals surface area contributed by atoms with Gasteiger partial charge in [0.15, 0.2) is 5.76 Å². The first-order valence-electron chi connectivity index (χ1n) is 8.79. The Morgan fingerprint density at radius 1 is 1.12 bits per heavy atom. The summed E-state index contributed by atoms with van der Waals surface area (Å²) in [6, 6.07) is 9.82.